The summed E-state index contributed by atoms with van der Waals surface area (Å²) < 4.78 is 39.5. The molecule has 0 amide bonds. The number of carboxylic acids is 1. The fourth-order valence-corrected chi connectivity index (χ4v) is 6.21. The van der Waals surface area contributed by atoms with E-state index in [9.17, 15) is 33.9 Å². The molecule has 0 aliphatic rings. The predicted molar refractivity (Wildman–Crippen MR) is 206 cm³/mol. The first-order chi connectivity index (χ1) is 25.8. The number of rotatable bonds is 16. The Labute approximate surface area is 394 Å². The number of benzene rings is 3. The van der Waals surface area contributed by atoms with Gasteiger partial charge < -0.3 is 30.8 Å². The van der Waals surface area contributed by atoms with Gasteiger partial charge in [-0.1, -0.05) is 0 Å². The number of fused-ring (bicyclic) bond motifs is 1. The minimum absolute atomic E-state index is 0. The number of halogens is 3. The third-order valence-electron chi connectivity index (χ3n) is 6.32. The second kappa shape index (κ2) is 25.5. The van der Waals surface area contributed by atoms with Crippen LogP contribution in [0.1, 0.15) is 10.4 Å². The molecule has 3 aromatic carbocycles. The molecule has 5 aromatic rings. The van der Waals surface area contributed by atoms with Crippen LogP contribution in [-0.2, 0) is 32.8 Å². The number of azo groups is 1. The molecule has 56 heavy (non-hydrogen) atoms. The van der Waals surface area contributed by atoms with Crippen LogP contribution in [0.25, 0.3) is 16.7 Å². The number of pyridine rings is 1. The number of hydrogen-bond acceptors (Lipinski definition) is 20. The number of aromatic nitrogens is 4. The number of phenolic OH excluding ortho intramolecular Hbond substituents is 1. The molecule has 5 rings (SSSR count). The number of anilines is 2. The Hall–Kier alpha value is -1.07. The van der Waals surface area contributed by atoms with E-state index in [-0.39, 0.29) is 128 Å². The first-order valence-corrected chi connectivity index (χ1v) is 27.3. The SMILES string of the molecule is O=C([O-])c1ccc[n+](-c2nc(Cl)nc(Nc3ccc4c(O)c(N=Nc5ccc(S(=O)(=O)CCOSOO[O-])cc5)c(SOO[O-])cc4c3)n2)c1.[B]I(C)I.[Na+].[Na+]. The first-order valence-electron chi connectivity index (χ1n) is 14.2. The van der Waals surface area contributed by atoms with Crippen LogP contribution in [0.2, 0.25) is 5.28 Å². The van der Waals surface area contributed by atoms with Crippen molar-refractivity contribution in [2.45, 2.75) is 9.79 Å². The minimum atomic E-state index is -3.76. The van der Waals surface area contributed by atoms with Gasteiger partial charge in [-0.15, -0.1) is 9.45 Å². The molecule has 0 spiro atoms. The minimum Gasteiger partial charge on any atom is 1.00 e. The Kier molecular flexibility index (Phi) is 23.3. The van der Waals surface area contributed by atoms with Gasteiger partial charge in [-0.3, -0.25) is 14.3 Å². The molecule has 28 heteroatoms. The van der Waals surface area contributed by atoms with E-state index in [1.165, 1.54) is 59.4 Å². The first kappa shape index (κ1) is 51.1. The monoisotopic (exact) mass is 1090 g/mol. The molecule has 0 bridgehead atoms. The van der Waals surface area contributed by atoms with Crippen LogP contribution in [0, 0.1) is 0 Å². The van der Waals surface area contributed by atoms with Crippen LogP contribution < -0.4 is 84.6 Å². The Morgan fingerprint density at radius 1 is 1.07 bits per heavy atom. The summed E-state index contributed by atoms with van der Waals surface area (Å²) in [5.74, 6) is -2.14. The zero-order valence-corrected chi connectivity index (χ0v) is 40.4. The van der Waals surface area contributed by atoms with Gasteiger partial charge >= 0.3 is 121 Å². The maximum Gasteiger partial charge on any atom is 1.00 e. The molecule has 0 saturated carbocycles. The largest absolute Gasteiger partial charge is 1.00 e. The van der Waals surface area contributed by atoms with Crippen molar-refractivity contribution in [1.82, 2.24) is 15.0 Å². The number of carbonyl (C=O) groups excluding carboxylic acids is 1. The van der Waals surface area contributed by atoms with Crippen LogP contribution in [0.4, 0.5) is 23.0 Å². The number of phenols is 1. The topological polar surface area (TPSA) is 266 Å². The average molecular weight is 1090 g/mol. The van der Waals surface area contributed by atoms with E-state index in [1.807, 2.05) is 0 Å². The number of nitrogens with zero attached hydrogens (tertiary/aromatic N) is 6. The van der Waals surface area contributed by atoms with Crippen molar-refractivity contribution in [3.63, 3.8) is 0 Å². The number of carbonyl (C=O) groups is 1. The molecule has 0 saturated heterocycles. The van der Waals surface area contributed by atoms with Gasteiger partial charge in [-0.25, -0.2) is 13.0 Å². The summed E-state index contributed by atoms with van der Waals surface area (Å²) >= 11 is 8.23. The van der Waals surface area contributed by atoms with Crippen molar-refractivity contribution >= 4 is 126 Å². The average Bonchev–Trinajstić information content (AvgIpc) is 3.13. The van der Waals surface area contributed by atoms with E-state index in [0.717, 1.165) is 0 Å². The van der Waals surface area contributed by atoms with Gasteiger partial charge in [0.05, 0.1) is 58.2 Å². The van der Waals surface area contributed by atoms with Crippen LogP contribution in [0.5, 0.6) is 5.75 Å². The molecular weight excluding hydrogens is 1070 g/mol. The number of aromatic carboxylic acids is 1. The number of aromatic hydroxyl groups is 1. The summed E-state index contributed by atoms with van der Waals surface area (Å²) in [4.78, 5) is 25.8. The normalized spacial score (nSPS) is 11.3. The third-order valence-corrected chi connectivity index (χ3v) is 9.17. The number of hydrogen-bond donors (Lipinski definition) is 2. The maximum atomic E-state index is 12.5. The molecule has 2 aromatic heterocycles. The summed E-state index contributed by atoms with van der Waals surface area (Å²) in [5, 5.41) is 61.0. The van der Waals surface area contributed by atoms with Crippen molar-refractivity contribution in [3.8, 4) is 11.7 Å². The molecule has 2 radical (unpaired) electrons. The zero-order chi connectivity index (χ0) is 39.3. The standard InChI is InChI=1S/C27H20ClN7O12S3.CH3BI2.2Na/c28-25-30-26(32-27(31-25)35-9-1-2-15(14-35)24(37)38)29-18-5-8-20-16(12-18)13-21(48-46-44-39)22(23(20)36)34-33-17-3-6-19(7-4-17)50(41,42)11-10-43-49-47-45-40;1-4(2)3;;/h1-9,12-14H,10-11H2,(H4-,29,30,31,32,36,37,38,39,40);1H3;;/q;;2*+1/p-2. The van der Waals surface area contributed by atoms with Crippen molar-refractivity contribution < 1.29 is 121 Å². The van der Waals surface area contributed by atoms with E-state index in [4.69, 9.17) is 21.5 Å². The smallest absolute Gasteiger partial charge is 1.00 e. The summed E-state index contributed by atoms with van der Waals surface area (Å²) in [7, 11) is -3.76. The summed E-state index contributed by atoms with van der Waals surface area (Å²) in [6.45, 7) is -0.290. The molecule has 284 valence electrons. The molecule has 0 fully saturated rings. The predicted octanol–water partition coefficient (Wildman–Crippen LogP) is -2.45. The zero-order valence-electron chi connectivity index (χ0n) is 28.9. The molecule has 0 unspecified atom stereocenters. The van der Waals surface area contributed by atoms with E-state index in [2.05, 4.69) is 72.8 Å². The summed E-state index contributed by atoms with van der Waals surface area (Å²) in [6.07, 6.45) is 2.76. The van der Waals surface area contributed by atoms with Crippen LogP contribution >= 0.6 is 70.2 Å². The van der Waals surface area contributed by atoms with E-state index in [1.54, 1.807) is 18.2 Å². The van der Waals surface area contributed by atoms with Gasteiger partial charge in [-0.2, -0.15) is 14.4 Å². The Bertz CT molecular complexity index is 2230. The van der Waals surface area contributed by atoms with Crippen LogP contribution in [0.3, 0.4) is 0 Å². The van der Waals surface area contributed by atoms with E-state index in [0.29, 0.717) is 28.5 Å². The molecule has 0 aliphatic heterocycles. The fourth-order valence-electron chi connectivity index (χ4n) is 4.16. The second-order valence-electron chi connectivity index (χ2n) is 9.85. The summed E-state index contributed by atoms with van der Waals surface area (Å²) in [5.41, 5.74) is 5.68. The molecule has 0 atom stereocenters. The van der Waals surface area contributed by atoms with E-state index >= 15 is 0 Å². The quantitative estimate of drug-likeness (QED) is 0.0120. The fraction of sp³-hybridized carbons (Fsp3) is 0.107. The van der Waals surface area contributed by atoms with Crippen molar-refractivity contribution in [2.75, 3.05) is 22.6 Å². The van der Waals surface area contributed by atoms with Crippen LogP contribution in [0.15, 0.2) is 93.1 Å². The van der Waals surface area contributed by atoms with Crippen LogP contribution in [-0.4, -0.2) is 57.4 Å². The van der Waals surface area contributed by atoms with E-state index < -0.39 is 37.2 Å². The molecule has 19 nitrogen and oxygen atoms in total. The number of carboxylic acid groups (broad SMARTS) is 1. The molecular formula is C28H21BClI2N7Na2O12S3. The van der Waals surface area contributed by atoms with Crippen molar-refractivity contribution in [1.29, 1.82) is 0 Å². The second-order valence-corrected chi connectivity index (χ2v) is 24.7. The van der Waals surface area contributed by atoms with Gasteiger partial charge in [0.15, 0.2) is 27.9 Å². The van der Waals surface area contributed by atoms with Gasteiger partial charge in [0, 0.05) is 16.6 Å². The van der Waals surface area contributed by atoms with Crippen molar-refractivity contribution in [3.05, 3.63) is 83.9 Å². The Morgan fingerprint density at radius 2 is 1.77 bits per heavy atom. The molecule has 2 N–H and O–H groups in total. The van der Waals surface area contributed by atoms with Gasteiger partial charge in [-0.05, 0) is 87.6 Å². The third kappa shape index (κ3) is 15.8. The molecule has 0 aliphatic carbocycles. The van der Waals surface area contributed by atoms with Gasteiger partial charge in [0.25, 0.3) is 0 Å². The number of nitrogens with one attached hydrogen (secondary N) is 1. The number of sulfone groups is 1. The Balaban J connectivity index is 0.00000172. The summed E-state index contributed by atoms with van der Waals surface area (Å²) in [6, 6.07) is 14.4. The maximum absolute atomic E-state index is 12.5. The Morgan fingerprint density at radius 3 is 2.43 bits per heavy atom. The van der Waals surface area contributed by atoms with Gasteiger partial charge in [0.1, 0.15) is 5.69 Å². The number of alkyl halides is 1. The molecule has 2 heterocycles. The van der Waals surface area contributed by atoms with Crippen molar-refractivity contribution in [2.24, 2.45) is 10.2 Å². The van der Waals surface area contributed by atoms with Gasteiger partial charge in [0.2, 0.25) is 0 Å².